The zero-order valence-electron chi connectivity index (χ0n) is 22.1. The summed E-state index contributed by atoms with van der Waals surface area (Å²) in [4.78, 5) is 75.3. The molecule has 43 heavy (non-hydrogen) atoms. The van der Waals surface area contributed by atoms with Gasteiger partial charge in [-0.3, -0.25) is 25.2 Å². The first-order valence-corrected chi connectivity index (χ1v) is 12.5. The van der Waals surface area contributed by atoms with Gasteiger partial charge in [0, 0.05) is 11.3 Å². The lowest BCUT2D eigenvalue weighted by atomic mass is 10.1. The number of hydrazine groups is 1. The number of carboxylic acid groups (broad SMARTS) is 1. The van der Waals surface area contributed by atoms with Crippen LogP contribution < -0.4 is 16.2 Å². The fourth-order valence-corrected chi connectivity index (χ4v) is 3.58. The Morgan fingerprint density at radius 1 is 0.605 bits per heavy atom. The molecule has 0 unspecified atom stereocenters. The van der Waals surface area contributed by atoms with Crippen molar-refractivity contribution in [1.29, 1.82) is 0 Å². The van der Waals surface area contributed by atoms with Gasteiger partial charge in [-0.15, -0.1) is 0 Å². The van der Waals surface area contributed by atoms with Gasteiger partial charge in [0.2, 0.25) is 12.2 Å². The highest BCUT2D eigenvalue weighted by Crippen LogP contribution is 2.14. The molecular weight excluding hydrogens is 562 g/mol. The third kappa shape index (κ3) is 7.91. The van der Waals surface area contributed by atoms with Crippen molar-refractivity contribution in [2.45, 2.75) is 12.2 Å². The average molecular weight is 586 g/mol. The van der Waals surface area contributed by atoms with Crippen molar-refractivity contribution in [2.24, 2.45) is 0 Å². The van der Waals surface area contributed by atoms with Crippen LogP contribution in [0, 0.1) is 0 Å². The minimum Gasteiger partial charge on any atom is -0.478 e. The Hall–Kier alpha value is -6.24. The highest BCUT2D eigenvalue weighted by Gasteiger charge is 2.41. The number of amides is 3. The SMILES string of the molecule is O=C(NNC(=O)[C@H](OC(=O)c1ccccc1)[C@@H](OC(=O)c1ccccc1)C(=O)O)c1ccc(NC(=O)c2ccco2)cc1. The molecule has 4 N–H and O–H groups in total. The Bertz CT molecular complexity index is 1610. The molecule has 0 aliphatic heterocycles. The number of aliphatic carboxylic acids is 1. The van der Waals surface area contributed by atoms with Gasteiger partial charge in [0.15, 0.2) is 5.76 Å². The normalized spacial score (nSPS) is 11.7. The Morgan fingerprint density at radius 2 is 1.16 bits per heavy atom. The topological polar surface area (TPSA) is 190 Å². The Labute approximate surface area is 243 Å². The smallest absolute Gasteiger partial charge is 0.349 e. The molecule has 13 heteroatoms. The van der Waals surface area contributed by atoms with Crippen LogP contribution in [0.1, 0.15) is 41.6 Å². The van der Waals surface area contributed by atoms with Crippen molar-refractivity contribution in [3.8, 4) is 0 Å². The lowest BCUT2D eigenvalue weighted by molar-refractivity contribution is -0.159. The molecule has 0 aliphatic rings. The summed E-state index contributed by atoms with van der Waals surface area (Å²) in [6, 6.07) is 23.3. The maximum Gasteiger partial charge on any atom is 0.349 e. The number of ether oxygens (including phenoxy) is 2. The Balaban J connectivity index is 1.46. The van der Waals surface area contributed by atoms with E-state index < -0.39 is 47.8 Å². The van der Waals surface area contributed by atoms with Crippen LogP contribution in [-0.2, 0) is 19.1 Å². The average Bonchev–Trinajstić information content (AvgIpc) is 3.58. The predicted octanol–water partition coefficient (Wildman–Crippen LogP) is 2.83. The summed E-state index contributed by atoms with van der Waals surface area (Å²) < 4.78 is 15.2. The summed E-state index contributed by atoms with van der Waals surface area (Å²) in [6.07, 6.45) is -3.15. The molecule has 4 aromatic rings. The van der Waals surface area contributed by atoms with Crippen LogP contribution in [0.2, 0.25) is 0 Å². The van der Waals surface area contributed by atoms with E-state index in [1.807, 2.05) is 5.43 Å². The molecule has 13 nitrogen and oxygen atoms in total. The van der Waals surface area contributed by atoms with Crippen LogP contribution in [-0.4, -0.2) is 52.9 Å². The number of carbonyl (C=O) groups is 6. The molecule has 1 aromatic heterocycles. The monoisotopic (exact) mass is 585 g/mol. The summed E-state index contributed by atoms with van der Waals surface area (Å²) in [5, 5.41) is 12.4. The van der Waals surface area contributed by atoms with Crippen LogP contribution in [0.15, 0.2) is 108 Å². The van der Waals surface area contributed by atoms with Gasteiger partial charge < -0.3 is 24.3 Å². The van der Waals surface area contributed by atoms with Crippen molar-refractivity contribution in [3.63, 3.8) is 0 Å². The highest BCUT2D eigenvalue weighted by molar-refractivity contribution is 6.03. The zero-order chi connectivity index (χ0) is 30.8. The number of hydrogen-bond donors (Lipinski definition) is 4. The number of furan rings is 1. The summed E-state index contributed by atoms with van der Waals surface area (Å²) >= 11 is 0. The summed E-state index contributed by atoms with van der Waals surface area (Å²) in [6.45, 7) is 0. The molecule has 0 fully saturated rings. The number of rotatable bonds is 10. The second-order valence-corrected chi connectivity index (χ2v) is 8.67. The molecule has 2 atom stereocenters. The molecule has 0 saturated heterocycles. The third-order valence-electron chi connectivity index (χ3n) is 5.71. The van der Waals surface area contributed by atoms with Crippen LogP contribution in [0.3, 0.4) is 0 Å². The van der Waals surface area contributed by atoms with Gasteiger partial charge >= 0.3 is 17.9 Å². The van der Waals surface area contributed by atoms with Crippen molar-refractivity contribution in [1.82, 2.24) is 10.9 Å². The summed E-state index contributed by atoms with van der Waals surface area (Å²) in [5.74, 6) is -6.52. The standard InChI is InChI=1S/C30H23N3O10/c34-25(18-13-15-21(16-14-18)31-26(35)22-12-7-17-41-22)32-33-27(36)23(42-29(39)19-8-3-1-4-9-19)24(28(37)38)43-30(40)20-10-5-2-6-11-20/h1-17,23-24H,(H,31,35)(H,32,34)(H,33,36)(H,37,38)/t23-,24-/m1/s1. The molecule has 3 amide bonds. The number of carboxylic acids is 1. The van der Waals surface area contributed by atoms with Gasteiger partial charge in [-0.25, -0.2) is 14.4 Å². The molecule has 0 radical (unpaired) electrons. The van der Waals surface area contributed by atoms with Gasteiger partial charge in [-0.2, -0.15) is 0 Å². The molecule has 3 aromatic carbocycles. The van der Waals surface area contributed by atoms with E-state index >= 15 is 0 Å². The van der Waals surface area contributed by atoms with Gasteiger partial charge in [0.05, 0.1) is 17.4 Å². The summed E-state index contributed by atoms with van der Waals surface area (Å²) in [7, 11) is 0. The maximum atomic E-state index is 13.1. The van der Waals surface area contributed by atoms with E-state index in [4.69, 9.17) is 13.9 Å². The van der Waals surface area contributed by atoms with Crippen LogP contribution in [0.5, 0.6) is 0 Å². The Kier molecular flexibility index (Phi) is 9.61. The number of nitrogens with one attached hydrogen (secondary N) is 3. The molecule has 0 aliphatic carbocycles. The second kappa shape index (κ2) is 13.9. The van der Waals surface area contributed by atoms with Crippen molar-refractivity contribution in [2.75, 3.05) is 5.32 Å². The molecule has 0 saturated carbocycles. The zero-order valence-corrected chi connectivity index (χ0v) is 22.1. The number of carbonyl (C=O) groups excluding carboxylic acids is 5. The van der Waals surface area contributed by atoms with Gasteiger partial charge in [0.1, 0.15) is 0 Å². The van der Waals surface area contributed by atoms with Gasteiger partial charge in [0.25, 0.3) is 17.7 Å². The van der Waals surface area contributed by atoms with Gasteiger partial charge in [-0.1, -0.05) is 36.4 Å². The molecule has 0 bridgehead atoms. The fraction of sp³-hybridized carbons (Fsp3) is 0.0667. The lowest BCUT2D eigenvalue weighted by Crippen LogP contribution is -2.54. The predicted molar refractivity (Wildman–Crippen MR) is 148 cm³/mol. The van der Waals surface area contributed by atoms with E-state index in [-0.39, 0.29) is 22.5 Å². The highest BCUT2D eigenvalue weighted by atomic mass is 16.6. The van der Waals surface area contributed by atoms with E-state index in [1.165, 1.54) is 85.1 Å². The summed E-state index contributed by atoms with van der Waals surface area (Å²) in [5.41, 5.74) is 4.45. The second-order valence-electron chi connectivity index (χ2n) is 8.67. The maximum absolute atomic E-state index is 13.1. The van der Waals surface area contributed by atoms with E-state index in [0.717, 1.165) is 0 Å². The van der Waals surface area contributed by atoms with E-state index in [2.05, 4.69) is 10.7 Å². The quantitative estimate of drug-likeness (QED) is 0.159. The van der Waals surface area contributed by atoms with E-state index in [9.17, 15) is 33.9 Å². The van der Waals surface area contributed by atoms with E-state index in [0.29, 0.717) is 5.69 Å². The van der Waals surface area contributed by atoms with Crippen LogP contribution in [0.4, 0.5) is 5.69 Å². The molecule has 218 valence electrons. The first kappa shape index (κ1) is 29.7. The van der Waals surface area contributed by atoms with E-state index in [1.54, 1.807) is 18.2 Å². The largest absolute Gasteiger partial charge is 0.478 e. The van der Waals surface area contributed by atoms with Crippen molar-refractivity contribution in [3.05, 3.63) is 126 Å². The number of benzene rings is 3. The van der Waals surface area contributed by atoms with Crippen LogP contribution >= 0.6 is 0 Å². The molecule has 1 heterocycles. The lowest BCUT2D eigenvalue weighted by Gasteiger charge is -2.23. The molecular formula is C30H23N3O10. The van der Waals surface area contributed by atoms with Crippen molar-refractivity contribution < 1.29 is 47.8 Å². The third-order valence-corrected chi connectivity index (χ3v) is 5.71. The number of esters is 2. The fourth-order valence-electron chi connectivity index (χ4n) is 3.58. The van der Waals surface area contributed by atoms with Crippen LogP contribution in [0.25, 0.3) is 0 Å². The Morgan fingerprint density at radius 3 is 1.67 bits per heavy atom. The molecule has 0 spiro atoms. The van der Waals surface area contributed by atoms with Crippen molar-refractivity contribution >= 4 is 41.3 Å². The first-order valence-electron chi connectivity index (χ1n) is 12.5. The minimum absolute atomic E-state index is 0.0120. The molecule has 4 rings (SSSR count). The minimum atomic E-state index is -2.28. The number of hydrogen-bond acceptors (Lipinski definition) is 9. The first-order chi connectivity index (χ1) is 20.7. The van der Waals surface area contributed by atoms with Gasteiger partial charge in [-0.05, 0) is 60.7 Å². The number of anilines is 1.